The van der Waals surface area contributed by atoms with Gasteiger partial charge in [0.1, 0.15) is 0 Å². The van der Waals surface area contributed by atoms with Crippen molar-refractivity contribution in [2.75, 3.05) is 19.9 Å². The van der Waals surface area contributed by atoms with Crippen molar-refractivity contribution in [3.63, 3.8) is 0 Å². The number of nitrogens with one attached hydrogen (secondary N) is 1. The molecule has 2 rings (SSSR count). The van der Waals surface area contributed by atoms with Gasteiger partial charge in [0.05, 0.1) is 13.5 Å². The molecule has 0 radical (unpaired) electrons. The van der Waals surface area contributed by atoms with E-state index in [1.54, 1.807) is 0 Å². The fourth-order valence-electron chi connectivity index (χ4n) is 2.31. The standard InChI is InChI=1S/C16H23NO2S/c1-12-8-14(5-4-13(12)10-17-2)20-11-16(6-7-16)9-15(18)19-3/h4-5,8,17H,6-7,9-11H2,1-3H3. The Hall–Kier alpha value is -1.00. The number of ether oxygens (including phenoxy) is 1. The zero-order valence-electron chi connectivity index (χ0n) is 12.5. The van der Waals surface area contributed by atoms with E-state index < -0.39 is 0 Å². The lowest BCUT2D eigenvalue weighted by atomic mass is 10.1. The van der Waals surface area contributed by atoms with Crippen molar-refractivity contribution in [3.05, 3.63) is 29.3 Å². The van der Waals surface area contributed by atoms with Crippen molar-refractivity contribution >= 4 is 17.7 Å². The van der Waals surface area contributed by atoms with Crippen LogP contribution in [0.5, 0.6) is 0 Å². The smallest absolute Gasteiger partial charge is 0.306 e. The van der Waals surface area contributed by atoms with Crippen LogP contribution in [-0.4, -0.2) is 25.9 Å². The number of rotatable bonds is 7. The van der Waals surface area contributed by atoms with Crippen molar-refractivity contribution in [2.24, 2.45) is 5.41 Å². The summed E-state index contributed by atoms with van der Waals surface area (Å²) >= 11 is 1.86. The first kappa shape index (κ1) is 15.4. The van der Waals surface area contributed by atoms with Gasteiger partial charge in [0.2, 0.25) is 0 Å². The molecule has 3 nitrogen and oxygen atoms in total. The lowest BCUT2D eigenvalue weighted by Gasteiger charge is -2.14. The third-order valence-electron chi connectivity index (χ3n) is 3.93. The quantitative estimate of drug-likeness (QED) is 0.619. The highest BCUT2D eigenvalue weighted by molar-refractivity contribution is 7.99. The molecule has 1 aliphatic carbocycles. The topological polar surface area (TPSA) is 38.3 Å². The highest BCUT2D eigenvalue weighted by Gasteiger charge is 2.44. The molecule has 4 heteroatoms. The maximum absolute atomic E-state index is 11.4. The monoisotopic (exact) mass is 293 g/mol. The number of hydrogen-bond donors (Lipinski definition) is 1. The second-order valence-corrected chi connectivity index (χ2v) is 6.71. The highest BCUT2D eigenvalue weighted by Crippen LogP contribution is 2.52. The number of carbonyl (C=O) groups excluding carboxylic acids is 1. The molecule has 0 heterocycles. The van der Waals surface area contributed by atoms with Crippen LogP contribution >= 0.6 is 11.8 Å². The summed E-state index contributed by atoms with van der Waals surface area (Å²) in [5.74, 6) is 0.927. The van der Waals surface area contributed by atoms with Crippen molar-refractivity contribution in [1.82, 2.24) is 5.32 Å². The molecule has 0 bridgehead atoms. The Morgan fingerprint density at radius 3 is 2.75 bits per heavy atom. The van der Waals surface area contributed by atoms with Gasteiger partial charge in [-0.25, -0.2) is 0 Å². The third kappa shape index (κ3) is 4.00. The van der Waals surface area contributed by atoms with E-state index in [2.05, 4.69) is 30.4 Å². The summed E-state index contributed by atoms with van der Waals surface area (Å²) in [5.41, 5.74) is 2.85. The van der Waals surface area contributed by atoms with Crippen molar-refractivity contribution in [1.29, 1.82) is 0 Å². The summed E-state index contributed by atoms with van der Waals surface area (Å²) in [6, 6.07) is 6.61. The average Bonchev–Trinajstić information content (AvgIpc) is 3.19. The minimum absolute atomic E-state index is 0.0800. The summed E-state index contributed by atoms with van der Waals surface area (Å²) in [7, 11) is 3.43. The SMILES string of the molecule is CNCc1ccc(SCC2(CC(=O)OC)CC2)cc1C. The van der Waals surface area contributed by atoms with Gasteiger partial charge < -0.3 is 10.1 Å². The Morgan fingerprint density at radius 1 is 1.45 bits per heavy atom. The van der Waals surface area contributed by atoms with Crippen LogP contribution in [-0.2, 0) is 16.1 Å². The number of carbonyl (C=O) groups is 1. The van der Waals surface area contributed by atoms with Crippen LogP contribution in [0.4, 0.5) is 0 Å². The van der Waals surface area contributed by atoms with Crippen LogP contribution < -0.4 is 5.32 Å². The molecule has 0 unspecified atom stereocenters. The number of thioether (sulfide) groups is 1. The van der Waals surface area contributed by atoms with E-state index in [0.717, 1.165) is 25.1 Å². The lowest BCUT2D eigenvalue weighted by molar-refractivity contribution is -0.141. The Labute approximate surface area is 125 Å². The molecule has 0 saturated heterocycles. The van der Waals surface area contributed by atoms with Crippen LogP contribution in [0.3, 0.4) is 0 Å². The molecule has 0 atom stereocenters. The van der Waals surface area contributed by atoms with Crippen LogP contribution in [0, 0.1) is 12.3 Å². The van der Waals surface area contributed by atoms with Gasteiger partial charge in [-0.05, 0) is 55.5 Å². The molecule has 20 heavy (non-hydrogen) atoms. The summed E-state index contributed by atoms with van der Waals surface area (Å²) in [6.07, 6.45) is 2.85. The highest BCUT2D eigenvalue weighted by atomic mass is 32.2. The van der Waals surface area contributed by atoms with Crippen LogP contribution in [0.15, 0.2) is 23.1 Å². The van der Waals surface area contributed by atoms with Gasteiger partial charge in [0.25, 0.3) is 0 Å². The number of benzene rings is 1. The van der Waals surface area contributed by atoms with E-state index in [1.165, 1.54) is 23.1 Å². The maximum Gasteiger partial charge on any atom is 0.306 e. The Kier molecular flexibility index (Phi) is 5.11. The molecule has 1 saturated carbocycles. The molecule has 0 amide bonds. The Balaban J connectivity index is 1.91. The van der Waals surface area contributed by atoms with Crippen molar-refractivity contribution < 1.29 is 9.53 Å². The van der Waals surface area contributed by atoms with E-state index in [9.17, 15) is 4.79 Å². The largest absolute Gasteiger partial charge is 0.469 e. The Bertz CT molecular complexity index is 483. The zero-order valence-corrected chi connectivity index (χ0v) is 13.3. The number of aryl methyl sites for hydroxylation is 1. The molecule has 0 aromatic heterocycles. The van der Waals surface area contributed by atoms with Gasteiger partial charge in [-0.2, -0.15) is 0 Å². The molecule has 0 spiro atoms. The van der Waals surface area contributed by atoms with Gasteiger partial charge in [0.15, 0.2) is 0 Å². The predicted molar refractivity (Wildman–Crippen MR) is 83.0 cm³/mol. The van der Waals surface area contributed by atoms with Gasteiger partial charge in [0, 0.05) is 17.2 Å². The molecular formula is C16H23NO2S. The fraction of sp³-hybridized carbons (Fsp3) is 0.562. The summed E-state index contributed by atoms with van der Waals surface area (Å²) < 4.78 is 4.78. The molecule has 110 valence electrons. The molecule has 1 N–H and O–H groups in total. The van der Waals surface area contributed by atoms with Crippen molar-refractivity contribution in [2.45, 2.75) is 37.6 Å². The first-order chi connectivity index (χ1) is 9.58. The third-order valence-corrected chi connectivity index (χ3v) is 5.27. The number of methoxy groups -OCH3 is 1. The fourth-order valence-corrected chi connectivity index (χ4v) is 3.60. The summed E-state index contributed by atoms with van der Waals surface area (Å²) in [5, 5.41) is 3.18. The van der Waals surface area contributed by atoms with Crippen LogP contribution in [0.25, 0.3) is 0 Å². The number of esters is 1. The predicted octanol–water partition coefficient (Wildman–Crippen LogP) is 3.15. The average molecular weight is 293 g/mol. The zero-order chi connectivity index (χ0) is 14.6. The van der Waals surface area contributed by atoms with Gasteiger partial charge in [-0.1, -0.05) is 6.07 Å². The van der Waals surface area contributed by atoms with Gasteiger partial charge in [-0.3, -0.25) is 4.79 Å². The van der Waals surface area contributed by atoms with Crippen LogP contribution in [0.1, 0.15) is 30.4 Å². The molecule has 0 aliphatic heterocycles. The summed E-state index contributed by atoms with van der Waals surface area (Å²) in [4.78, 5) is 12.7. The second kappa shape index (κ2) is 6.64. The second-order valence-electron chi connectivity index (χ2n) is 5.66. The molecule has 1 aromatic carbocycles. The Morgan fingerprint density at radius 2 is 2.20 bits per heavy atom. The maximum atomic E-state index is 11.4. The van der Waals surface area contributed by atoms with Gasteiger partial charge in [-0.15, -0.1) is 11.8 Å². The van der Waals surface area contributed by atoms with E-state index in [1.807, 2.05) is 18.8 Å². The first-order valence-electron chi connectivity index (χ1n) is 7.02. The molecule has 1 aromatic rings. The van der Waals surface area contributed by atoms with E-state index >= 15 is 0 Å². The number of hydrogen-bond acceptors (Lipinski definition) is 4. The van der Waals surface area contributed by atoms with Crippen LogP contribution in [0.2, 0.25) is 0 Å². The first-order valence-corrected chi connectivity index (χ1v) is 8.01. The van der Waals surface area contributed by atoms with Crippen molar-refractivity contribution in [3.8, 4) is 0 Å². The van der Waals surface area contributed by atoms with E-state index in [4.69, 9.17) is 4.74 Å². The lowest BCUT2D eigenvalue weighted by Crippen LogP contribution is -2.13. The summed E-state index contributed by atoms with van der Waals surface area (Å²) in [6.45, 7) is 3.06. The molecular weight excluding hydrogens is 270 g/mol. The van der Waals surface area contributed by atoms with Gasteiger partial charge >= 0.3 is 5.97 Å². The normalized spacial score (nSPS) is 15.9. The minimum Gasteiger partial charge on any atom is -0.469 e. The van der Waals surface area contributed by atoms with E-state index in [-0.39, 0.29) is 11.4 Å². The molecule has 1 aliphatic rings. The molecule has 1 fully saturated rings. The minimum atomic E-state index is -0.0800. The van der Waals surface area contributed by atoms with E-state index in [0.29, 0.717) is 6.42 Å².